The first-order valence-electron chi connectivity index (χ1n) is 7.24. The molecule has 0 amide bonds. The van der Waals surface area contributed by atoms with Gasteiger partial charge >= 0.3 is 0 Å². The van der Waals surface area contributed by atoms with E-state index < -0.39 is 0 Å². The Bertz CT molecular complexity index is 367. The van der Waals surface area contributed by atoms with Crippen LogP contribution in [0.4, 0.5) is 0 Å². The molecule has 0 unspecified atom stereocenters. The van der Waals surface area contributed by atoms with Crippen molar-refractivity contribution in [2.75, 3.05) is 0 Å². The van der Waals surface area contributed by atoms with Gasteiger partial charge in [-0.3, -0.25) is 0 Å². The molecule has 1 saturated carbocycles. The molecule has 1 aromatic carbocycles. The van der Waals surface area contributed by atoms with Gasteiger partial charge in [0.2, 0.25) is 0 Å². The summed E-state index contributed by atoms with van der Waals surface area (Å²) in [5, 5.41) is 3.74. The van der Waals surface area contributed by atoms with Crippen LogP contribution >= 0.6 is 15.9 Å². The van der Waals surface area contributed by atoms with E-state index in [9.17, 15) is 0 Å². The van der Waals surface area contributed by atoms with Crippen LogP contribution in [0.1, 0.15) is 56.1 Å². The molecule has 18 heavy (non-hydrogen) atoms. The summed E-state index contributed by atoms with van der Waals surface area (Å²) >= 11 is 3.56. The van der Waals surface area contributed by atoms with Crippen molar-refractivity contribution < 1.29 is 0 Å². The number of hydrogen-bond acceptors (Lipinski definition) is 1. The third-order valence-corrected chi connectivity index (χ3v) is 4.81. The molecule has 0 heterocycles. The van der Waals surface area contributed by atoms with Crippen LogP contribution in [0, 0.1) is 6.92 Å². The van der Waals surface area contributed by atoms with Crippen LogP contribution in [0.15, 0.2) is 22.7 Å². The topological polar surface area (TPSA) is 12.0 Å². The van der Waals surface area contributed by atoms with Crippen LogP contribution in [-0.2, 0) is 6.54 Å². The largest absolute Gasteiger partial charge is 0.310 e. The lowest BCUT2D eigenvalue weighted by Gasteiger charge is -2.21. The minimum absolute atomic E-state index is 0.731. The molecular weight excluding hydrogens is 286 g/mol. The summed E-state index contributed by atoms with van der Waals surface area (Å²) in [6, 6.07) is 7.38. The average molecular weight is 310 g/mol. The fraction of sp³-hybridized carbons (Fsp3) is 0.625. The van der Waals surface area contributed by atoms with Gasteiger partial charge in [0.05, 0.1) is 0 Å². The number of benzene rings is 1. The predicted octanol–water partition coefficient (Wildman–Crippen LogP) is 4.96. The van der Waals surface area contributed by atoms with Crippen LogP contribution in [0.2, 0.25) is 0 Å². The normalized spacial score (nSPS) is 18.3. The molecule has 1 fully saturated rings. The molecule has 0 saturated heterocycles. The zero-order valence-corrected chi connectivity index (χ0v) is 12.9. The van der Waals surface area contributed by atoms with E-state index in [0.29, 0.717) is 0 Å². The maximum atomic E-state index is 3.74. The van der Waals surface area contributed by atoms with E-state index in [-0.39, 0.29) is 0 Å². The molecule has 0 bridgehead atoms. The number of aryl methyl sites for hydroxylation is 1. The van der Waals surface area contributed by atoms with E-state index in [4.69, 9.17) is 0 Å². The Balaban J connectivity index is 1.83. The Morgan fingerprint density at radius 2 is 1.78 bits per heavy atom. The summed E-state index contributed by atoms with van der Waals surface area (Å²) in [5.74, 6) is 0. The smallest absolute Gasteiger partial charge is 0.0208 e. The molecule has 0 spiro atoms. The summed E-state index contributed by atoms with van der Waals surface area (Å²) in [4.78, 5) is 0. The minimum Gasteiger partial charge on any atom is -0.310 e. The molecule has 1 aromatic rings. The molecule has 0 aromatic heterocycles. The molecule has 1 aliphatic carbocycles. The minimum atomic E-state index is 0.731. The van der Waals surface area contributed by atoms with Gasteiger partial charge < -0.3 is 5.32 Å². The highest BCUT2D eigenvalue weighted by molar-refractivity contribution is 9.10. The van der Waals surface area contributed by atoms with Crippen molar-refractivity contribution in [1.82, 2.24) is 5.32 Å². The van der Waals surface area contributed by atoms with E-state index in [1.165, 1.54) is 60.5 Å². The fourth-order valence-corrected chi connectivity index (χ4v) is 2.99. The molecule has 2 rings (SSSR count). The molecule has 0 aliphatic heterocycles. The van der Waals surface area contributed by atoms with E-state index in [2.05, 4.69) is 46.4 Å². The van der Waals surface area contributed by atoms with Crippen molar-refractivity contribution in [2.45, 2.75) is 64.5 Å². The maximum absolute atomic E-state index is 3.74. The lowest BCUT2D eigenvalue weighted by molar-refractivity contribution is 0.389. The summed E-state index contributed by atoms with van der Waals surface area (Å²) in [6.07, 6.45) is 9.81. The standard InChI is InChI=1S/C16H24BrN/c1-13-11-14(9-10-16(13)17)12-18-15-7-5-3-2-4-6-8-15/h9-11,15,18H,2-8,12H2,1H3. The van der Waals surface area contributed by atoms with Crippen molar-refractivity contribution in [1.29, 1.82) is 0 Å². The van der Waals surface area contributed by atoms with Crippen molar-refractivity contribution in [3.8, 4) is 0 Å². The van der Waals surface area contributed by atoms with Gasteiger partial charge in [-0.2, -0.15) is 0 Å². The molecule has 0 atom stereocenters. The highest BCUT2D eigenvalue weighted by atomic mass is 79.9. The summed E-state index contributed by atoms with van der Waals surface area (Å²) in [6.45, 7) is 3.17. The monoisotopic (exact) mass is 309 g/mol. The second-order valence-electron chi connectivity index (χ2n) is 5.51. The van der Waals surface area contributed by atoms with E-state index in [0.717, 1.165) is 12.6 Å². The highest BCUT2D eigenvalue weighted by Crippen LogP contribution is 2.19. The van der Waals surface area contributed by atoms with Gasteiger partial charge in [-0.15, -0.1) is 0 Å². The quantitative estimate of drug-likeness (QED) is 0.832. The van der Waals surface area contributed by atoms with Crippen molar-refractivity contribution in [3.05, 3.63) is 33.8 Å². The van der Waals surface area contributed by atoms with Gasteiger partial charge in [0, 0.05) is 17.1 Å². The van der Waals surface area contributed by atoms with Crippen LogP contribution in [0.25, 0.3) is 0 Å². The second-order valence-corrected chi connectivity index (χ2v) is 6.36. The van der Waals surface area contributed by atoms with Crippen molar-refractivity contribution >= 4 is 15.9 Å². The molecule has 1 nitrogen and oxygen atoms in total. The van der Waals surface area contributed by atoms with Gasteiger partial charge in [0.15, 0.2) is 0 Å². The summed E-state index contributed by atoms with van der Waals surface area (Å²) in [5.41, 5.74) is 2.73. The van der Waals surface area contributed by atoms with Crippen LogP contribution in [-0.4, -0.2) is 6.04 Å². The first-order valence-corrected chi connectivity index (χ1v) is 8.03. The summed E-state index contributed by atoms with van der Waals surface area (Å²) < 4.78 is 1.21. The Morgan fingerprint density at radius 1 is 1.11 bits per heavy atom. The second kappa shape index (κ2) is 7.30. The van der Waals surface area contributed by atoms with Gasteiger partial charge in [0.25, 0.3) is 0 Å². The van der Waals surface area contributed by atoms with Crippen molar-refractivity contribution in [3.63, 3.8) is 0 Å². The number of halogens is 1. The maximum Gasteiger partial charge on any atom is 0.0208 e. The van der Waals surface area contributed by atoms with Crippen LogP contribution in [0.3, 0.4) is 0 Å². The zero-order chi connectivity index (χ0) is 12.8. The van der Waals surface area contributed by atoms with E-state index in [1.807, 2.05) is 0 Å². The molecule has 100 valence electrons. The molecule has 1 N–H and O–H groups in total. The Labute approximate surface area is 119 Å². The Kier molecular flexibility index (Phi) is 5.71. The highest BCUT2D eigenvalue weighted by Gasteiger charge is 2.10. The van der Waals surface area contributed by atoms with Gasteiger partial charge in [-0.25, -0.2) is 0 Å². The van der Waals surface area contributed by atoms with Crippen molar-refractivity contribution in [2.24, 2.45) is 0 Å². The summed E-state index contributed by atoms with van der Waals surface area (Å²) in [7, 11) is 0. The molecule has 1 aliphatic rings. The zero-order valence-electron chi connectivity index (χ0n) is 11.3. The van der Waals surface area contributed by atoms with Gasteiger partial charge in [0.1, 0.15) is 0 Å². The molecule has 0 radical (unpaired) electrons. The predicted molar refractivity (Wildman–Crippen MR) is 81.8 cm³/mol. The first-order chi connectivity index (χ1) is 8.75. The number of hydrogen-bond donors (Lipinski definition) is 1. The van der Waals surface area contributed by atoms with Crippen LogP contribution in [0.5, 0.6) is 0 Å². The molecular formula is C16H24BrN. The Morgan fingerprint density at radius 3 is 2.44 bits per heavy atom. The van der Waals surface area contributed by atoms with Gasteiger partial charge in [-0.1, -0.05) is 60.2 Å². The third-order valence-electron chi connectivity index (χ3n) is 3.92. The number of nitrogens with one attached hydrogen (secondary N) is 1. The molecule has 2 heteroatoms. The number of rotatable bonds is 3. The SMILES string of the molecule is Cc1cc(CNC2CCCCCCC2)ccc1Br. The average Bonchev–Trinajstić information content (AvgIpc) is 2.32. The van der Waals surface area contributed by atoms with Gasteiger partial charge in [-0.05, 0) is 37.0 Å². The lowest BCUT2D eigenvalue weighted by atomic mass is 9.96. The fourth-order valence-electron chi connectivity index (χ4n) is 2.74. The first kappa shape index (κ1) is 14.1. The van der Waals surface area contributed by atoms with Crippen LogP contribution < -0.4 is 5.32 Å². The Hall–Kier alpha value is -0.340. The lowest BCUT2D eigenvalue weighted by Crippen LogP contribution is -2.29. The third kappa shape index (κ3) is 4.40. The van der Waals surface area contributed by atoms with E-state index in [1.54, 1.807) is 0 Å². The van der Waals surface area contributed by atoms with E-state index >= 15 is 0 Å².